The van der Waals surface area contributed by atoms with Gasteiger partial charge in [0, 0.05) is 7.05 Å². The minimum absolute atomic E-state index is 0.198. The van der Waals surface area contributed by atoms with Gasteiger partial charge in [0.1, 0.15) is 0 Å². The van der Waals surface area contributed by atoms with Crippen molar-refractivity contribution >= 4 is 23.9 Å². The van der Waals surface area contributed by atoms with Gasteiger partial charge >= 0.3 is 11.7 Å². The predicted molar refractivity (Wildman–Crippen MR) is 73.6 cm³/mol. The number of aldehydes is 1. The Labute approximate surface area is 125 Å². The normalized spacial score (nSPS) is 11.2. The minimum atomic E-state index is -1.32. The van der Waals surface area contributed by atoms with Crippen molar-refractivity contribution in [3.8, 4) is 5.75 Å². The van der Waals surface area contributed by atoms with Gasteiger partial charge in [-0.2, -0.15) is 0 Å². The summed E-state index contributed by atoms with van der Waals surface area (Å²) in [7, 11) is 2.46. The highest BCUT2D eigenvalue weighted by Gasteiger charge is 2.28. The molecule has 0 saturated carbocycles. The second kappa shape index (κ2) is 7.72. The fourth-order valence-electron chi connectivity index (χ4n) is 1.66. The van der Waals surface area contributed by atoms with E-state index in [1.54, 1.807) is 0 Å². The Kier molecular flexibility index (Phi) is 5.99. The van der Waals surface area contributed by atoms with Gasteiger partial charge in [-0.3, -0.25) is 24.5 Å². The third-order valence-corrected chi connectivity index (χ3v) is 2.73. The van der Waals surface area contributed by atoms with Crippen molar-refractivity contribution in [2.75, 3.05) is 14.2 Å². The Morgan fingerprint density at radius 1 is 1.45 bits per heavy atom. The highest BCUT2D eigenvalue weighted by atomic mass is 16.6. The highest BCUT2D eigenvalue weighted by molar-refractivity contribution is 5.87. The van der Waals surface area contributed by atoms with Crippen molar-refractivity contribution in [2.24, 2.45) is 0 Å². The van der Waals surface area contributed by atoms with E-state index in [2.05, 4.69) is 10.1 Å². The van der Waals surface area contributed by atoms with E-state index >= 15 is 0 Å². The first kappa shape index (κ1) is 17.1. The van der Waals surface area contributed by atoms with Gasteiger partial charge in [0.25, 0.3) is 5.91 Å². The van der Waals surface area contributed by atoms with Crippen molar-refractivity contribution in [1.29, 1.82) is 0 Å². The topological polar surface area (TPSA) is 125 Å². The van der Waals surface area contributed by atoms with Crippen LogP contribution in [-0.2, 0) is 14.3 Å². The zero-order chi connectivity index (χ0) is 16.7. The Hall–Kier alpha value is -2.97. The third-order valence-electron chi connectivity index (χ3n) is 2.73. The summed E-state index contributed by atoms with van der Waals surface area (Å²) in [6.07, 6.45) is -1.45. The van der Waals surface area contributed by atoms with Gasteiger partial charge < -0.3 is 14.8 Å². The van der Waals surface area contributed by atoms with Crippen LogP contribution in [0.1, 0.15) is 16.8 Å². The molecule has 1 N–H and O–H groups in total. The molecule has 22 heavy (non-hydrogen) atoms. The molecule has 0 aliphatic carbocycles. The van der Waals surface area contributed by atoms with Crippen molar-refractivity contribution in [3.63, 3.8) is 0 Å². The summed E-state index contributed by atoms with van der Waals surface area (Å²) in [5.74, 6) is -1.66. The average molecular weight is 310 g/mol. The molecule has 0 bridgehead atoms. The zero-order valence-electron chi connectivity index (χ0n) is 11.9. The first-order chi connectivity index (χ1) is 10.4. The number of para-hydroxylation sites is 1. The highest BCUT2D eigenvalue weighted by Crippen LogP contribution is 2.31. The van der Waals surface area contributed by atoms with Crippen LogP contribution in [0, 0.1) is 10.1 Å². The van der Waals surface area contributed by atoms with Crippen LogP contribution >= 0.6 is 0 Å². The van der Waals surface area contributed by atoms with E-state index in [-0.39, 0.29) is 11.3 Å². The maximum atomic E-state index is 11.7. The predicted octanol–water partition coefficient (Wildman–Crippen LogP) is 0.464. The largest absolute Gasteiger partial charge is 0.473 e. The van der Waals surface area contributed by atoms with Crippen molar-refractivity contribution in [2.45, 2.75) is 12.5 Å². The second-order valence-electron chi connectivity index (χ2n) is 4.07. The first-order valence-electron chi connectivity index (χ1n) is 6.12. The molecule has 1 aromatic carbocycles. The molecule has 0 aromatic heterocycles. The summed E-state index contributed by atoms with van der Waals surface area (Å²) in [6.45, 7) is 0. The molecule has 118 valence electrons. The standard InChI is InChI=1S/C13H14N2O7/c1-14-13(18)10(6-11(17)21-2)22-9-5-3-4-8(7-16)12(9)15(19)20/h3-5,7,10H,6H2,1-2H3,(H,14,18). The molecule has 1 amide bonds. The molecule has 0 aliphatic rings. The Morgan fingerprint density at radius 2 is 2.14 bits per heavy atom. The number of carbonyl (C=O) groups is 3. The van der Waals surface area contributed by atoms with Crippen LogP contribution in [0.5, 0.6) is 5.75 Å². The van der Waals surface area contributed by atoms with Crippen molar-refractivity contribution in [3.05, 3.63) is 33.9 Å². The molecule has 9 nitrogen and oxygen atoms in total. The maximum Gasteiger partial charge on any atom is 0.321 e. The fraction of sp³-hybridized carbons (Fsp3) is 0.308. The maximum absolute atomic E-state index is 11.7. The van der Waals surface area contributed by atoms with E-state index in [9.17, 15) is 24.5 Å². The molecule has 1 unspecified atom stereocenters. The summed E-state index contributed by atoms with van der Waals surface area (Å²) in [5, 5.41) is 13.4. The summed E-state index contributed by atoms with van der Waals surface area (Å²) < 4.78 is 9.71. The molecule has 0 spiro atoms. The van der Waals surface area contributed by atoms with Gasteiger partial charge in [0.15, 0.2) is 18.1 Å². The van der Waals surface area contributed by atoms with Crippen LogP contribution < -0.4 is 10.1 Å². The molecule has 0 aliphatic heterocycles. The number of methoxy groups -OCH3 is 1. The van der Waals surface area contributed by atoms with Crippen LogP contribution in [0.4, 0.5) is 5.69 Å². The Balaban J connectivity index is 3.17. The number of rotatable bonds is 7. The molecular weight excluding hydrogens is 296 g/mol. The Bertz CT molecular complexity index is 600. The first-order valence-corrected chi connectivity index (χ1v) is 6.12. The average Bonchev–Trinajstić information content (AvgIpc) is 2.52. The molecule has 0 saturated heterocycles. The zero-order valence-corrected chi connectivity index (χ0v) is 11.9. The molecule has 1 atom stereocenters. The summed E-state index contributed by atoms with van der Waals surface area (Å²) in [6, 6.07) is 3.84. The number of amides is 1. The number of nitro groups is 1. The summed E-state index contributed by atoms with van der Waals surface area (Å²) in [4.78, 5) is 44.2. The molecule has 0 heterocycles. The minimum Gasteiger partial charge on any atom is -0.473 e. The summed E-state index contributed by atoms with van der Waals surface area (Å²) in [5.41, 5.74) is -0.771. The van der Waals surface area contributed by atoms with Gasteiger partial charge in [-0.1, -0.05) is 6.07 Å². The molecule has 1 rings (SSSR count). The molecule has 0 radical (unpaired) electrons. The number of ether oxygens (including phenoxy) is 2. The third kappa shape index (κ3) is 4.01. The van der Waals surface area contributed by atoms with Gasteiger partial charge in [-0.05, 0) is 12.1 Å². The van der Waals surface area contributed by atoms with Crippen molar-refractivity contribution < 1.29 is 28.8 Å². The van der Waals surface area contributed by atoms with Crippen LogP contribution in [0.25, 0.3) is 0 Å². The second-order valence-corrected chi connectivity index (χ2v) is 4.07. The molecule has 0 fully saturated rings. The monoisotopic (exact) mass is 310 g/mol. The van der Waals surface area contributed by atoms with E-state index in [1.807, 2.05) is 0 Å². The van der Waals surface area contributed by atoms with Crippen LogP contribution in [0.15, 0.2) is 18.2 Å². The lowest BCUT2D eigenvalue weighted by Gasteiger charge is -2.16. The number of nitrogens with zero attached hydrogens (tertiary/aromatic N) is 1. The van der Waals surface area contributed by atoms with E-state index in [1.165, 1.54) is 25.2 Å². The molecule has 1 aromatic rings. The van der Waals surface area contributed by atoms with Gasteiger partial charge in [0.05, 0.1) is 24.0 Å². The number of hydrogen-bond donors (Lipinski definition) is 1. The van der Waals surface area contributed by atoms with E-state index in [0.29, 0.717) is 6.29 Å². The van der Waals surface area contributed by atoms with Crippen LogP contribution in [-0.4, -0.2) is 43.3 Å². The van der Waals surface area contributed by atoms with Crippen molar-refractivity contribution in [1.82, 2.24) is 5.32 Å². The Morgan fingerprint density at radius 3 is 2.64 bits per heavy atom. The van der Waals surface area contributed by atoms with Crippen LogP contribution in [0.2, 0.25) is 0 Å². The lowest BCUT2D eigenvalue weighted by molar-refractivity contribution is -0.386. The molecular formula is C13H14N2O7. The lowest BCUT2D eigenvalue weighted by atomic mass is 10.1. The van der Waals surface area contributed by atoms with Gasteiger partial charge in [-0.15, -0.1) is 0 Å². The van der Waals surface area contributed by atoms with Crippen LogP contribution in [0.3, 0.4) is 0 Å². The fourth-order valence-corrected chi connectivity index (χ4v) is 1.66. The number of esters is 1. The van der Waals surface area contributed by atoms with E-state index in [4.69, 9.17) is 4.74 Å². The number of hydrogen-bond acceptors (Lipinski definition) is 7. The molecule has 9 heteroatoms. The quantitative estimate of drug-likeness (QED) is 0.336. The van der Waals surface area contributed by atoms with E-state index < -0.39 is 35.0 Å². The lowest BCUT2D eigenvalue weighted by Crippen LogP contribution is -2.38. The number of nitrogens with one attached hydrogen (secondary N) is 1. The number of likely N-dealkylation sites (N-methyl/N-ethyl adjacent to an activating group) is 1. The van der Waals surface area contributed by atoms with Gasteiger partial charge in [-0.25, -0.2) is 0 Å². The number of carbonyl (C=O) groups excluding carboxylic acids is 3. The van der Waals surface area contributed by atoms with E-state index in [0.717, 1.165) is 7.11 Å². The number of nitro benzene ring substituents is 1. The summed E-state index contributed by atoms with van der Waals surface area (Å²) >= 11 is 0. The smallest absolute Gasteiger partial charge is 0.321 e. The number of benzene rings is 1. The SMILES string of the molecule is CNC(=O)C(CC(=O)OC)Oc1cccc(C=O)c1[N+](=O)[O-]. The van der Waals surface area contributed by atoms with Gasteiger partial charge in [0.2, 0.25) is 0 Å².